The van der Waals surface area contributed by atoms with E-state index >= 15 is 0 Å². The Morgan fingerprint density at radius 1 is 1.41 bits per heavy atom. The number of rotatable bonds is 4. The molecule has 0 bridgehead atoms. The van der Waals surface area contributed by atoms with Crippen molar-refractivity contribution in [3.63, 3.8) is 0 Å². The lowest BCUT2D eigenvalue weighted by molar-refractivity contribution is 0.171. The van der Waals surface area contributed by atoms with Crippen LogP contribution in [0.5, 0.6) is 5.88 Å². The lowest BCUT2D eigenvalue weighted by atomic mass is 9.94. The molecule has 172 valence electrons. The number of hydrogen-bond acceptors (Lipinski definition) is 5. The Hall–Kier alpha value is -2.43. The molecule has 0 radical (unpaired) electrons. The smallest absolute Gasteiger partial charge is 0.354 e. The first kappa shape index (κ1) is 21.4. The fourth-order valence-electron chi connectivity index (χ4n) is 5.19. The van der Waals surface area contributed by atoms with Gasteiger partial charge in [-0.15, -0.1) is 4.36 Å². The highest BCUT2D eigenvalue weighted by atomic mass is 32.2. The minimum atomic E-state index is -3.52. The SMILES string of the molecule is COC[C@@H]1CCc2cc3c(c(NC(=O)N=S(N)(=O)c4cnn5c4OCC(C)C5)c21)CCC3. The third kappa shape index (κ3) is 3.70. The number of nitrogens with one attached hydrogen (secondary N) is 1. The Morgan fingerprint density at radius 3 is 3.06 bits per heavy atom. The van der Waals surface area contributed by atoms with Gasteiger partial charge in [-0.2, -0.15) is 5.10 Å². The molecule has 5 rings (SSSR count). The number of methoxy groups -OCH3 is 1. The molecule has 3 aliphatic rings. The van der Waals surface area contributed by atoms with Crippen LogP contribution in [0.25, 0.3) is 0 Å². The van der Waals surface area contributed by atoms with Crippen LogP contribution in [0, 0.1) is 5.92 Å². The number of benzene rings is 1. The topological polar surface area (TPSA) is 121 Å². The highest BCUT2D eigenvalue weighted by Crippen LogP contribution is 2.44. The summed E-state index contributed by atoms with van der Waals surface area (Å²) < 4.78 is 29.9. The lowest BCUT2D eigenvalue weighted by Gasteiger charge is -2.21. The van der Waals surface area contributed by atoms with E-state index in [1.807, 2.05) is 6.92 Å². The van der Waals surface area contributed by atoms with Crippen molar-refractivity contribution in [2.24, 2.45) is 15.4 Å². The quantitative estimate of drug-likeness (QED) is 0.728. The Labute approximate surface area is 188 Å². The van der Waals surface area contributed by atoms with Crippen LogP contribution in [-0.2, 0) is 40.5 Å². The second kappa shape index (κ2) is 8.17. The van der Waals surface area contributed by atoms with Crippen LogP contribution in [0.4, 0.5) is 10.5 Å². The summed E-state index contributed by atoms with van der Waals surface area (Å²) in [6.45, 7) is 3.75. The van der Waals surface area contributed by atoms with Crippen molar-refractivity contribution in [2.45, 2.75) is 56.4 Å². The first-order valence-electron chi connectivity index (χ1n) is 11.1. The van der Waals surface area contributed by atoms with E-state index in [0.29, 0.717) is 25.6 Å². The predicted molar refractivity (Wildman–Crippen MR) is 120 cm³/mol. The van der Waals surface area contributed by atoms with Gasteiger partial charge in [-0.1, -0.05) is 13.0 Å². The molecular formula is C22H29N5O4S. The monoisotopic (exact) mass is 459 g/mol. The van der Waals surface area contributed by atoms with Crippen molar-refractivity contribution in [1.29, 1.82) is 0 Å². The van der Waals surface area contributed by atoms with Crippen molar-refractivity contribution < 1.29 is 18.5 Å². The number of amides is 2. The third-order valence-electron chi connectivity index (χ3n) is 6.58. The van der Waals surface area contributed by atoms with Gasteiger partial charge in [0.05, 0.1) is 26.0 Å². The molecule has 3 N–H and O–H groups in total. The summed E-state index contributed by atoms with van der Waals surface area (Å²) >= 11 is 0. The summed E-state index contributed by atoms with van der Waals surface area (Å²) in [5, 5.41) is 13.2. The van der Waals surface area contributed by atoms with Crippen LogP contribution in [0.2, 0.25) is 0 Å². The normalized spacial score (nSPS) is 23.0. The highest BCUT2D eigenvalue weighted by Gasteiger charge is 2.32. The molecule has 2 unspecified atom stereocenters. The summed E-state index contributed by atoms with van der Waals surface area (Å²) in [4.78, 5) is 13.1. The number of hydrogen-bond donors (Lipinski definition) is 2. The first-order chi connectivity index (χ1) is 15.4. The van der Waals surface area contributed by atoms with E-state index in [-0.39, 0.29) is 16.7 Å². The molecule has 10 heteroatoms. The number of ether oxygens (including phenoxy) is 2. The molecule has 2 aromatic rings. The van der Waals surface area contributed by atoms with E-state index in [2.05, 4.69) is 20.8 Å². The standard InChI is InChI=1S/C22H29N5O4S/c1-13-10-27-21(31-11-13)18(9-24-27)32(23,29)26-22(28)25-20-17-5-3-4-14(17)8-15-6-7-16(12-30-2)19(15)20/h8-9,13,16H,3-7,10-12H2,1-2H3,(H3,23,25,26,28,29)/t13?,16-,32?/m0/s1. The second-order valence-electron chi connectivity index (χ2n) is 9.01. The molecule has 2 heterocycles. The van der Waals surface area contributed by atoms with E-state index in [9.17, 15) is 9.00 Å². The number of carbonyl (C=O) groups excluding carboxylic acids is 1. The van der Waals surface area contributed by atoms with Crippen LogP contribution in [0.1, 0.15) is 47.9 Å². The molecule has 0 saturated carbocycles. The minimum Gasteiger partial charge on any atom is -0.477 e. The zero-order valence-corrected chi connectivity index (χ0v) is 19.2. The first-order valence-corrected chi connectivity index (χ1v) is 12.7. The van der Waals surface area contributed by atoms with Gasteiger partial charge < -0.3 is 14.8 Å². The fourth-order valence-corrected chi connectivity index (χ4v) is 6.19. The summed E-state index contributed by atoms with van der Waals surface area (Å²) in [6, 6.07) is 1.57. The maximum absolute atomic E-state index is 13.2. The molecule has 0 saturated heterocycles. The van der Waals surface area contributed by atoms with Gasteiger partial charge in [-0.05, 0) is 54.4 Å². The number of aromatic nitrogens is 2. The summed E-state index contributed by atoms with van der Waals surface area (Å²) in [7, 11) is -1.82. The summed E-state index contributed by atoms with van der Waals surface area (Å²) in [6.07, 6.45) is 6.29. The molecule has 3 atom stereocenters. The van der Waals surface area contributed by atoms with Crippen molar-refractivity contribution in [1.82, 2.24) is 9.78 Å². The van der Waals surface area contributed by atoms with E-state index in [0.717, 1.165) is 48.9 Å². The molecule has 0 spiro atoms. The number of anilines is 1. The molecule has 9 nitrogen and oxygen atoms in total. The Balaban J connectivity index is 1.49. The van der Waals surface area contributed by atoms with Crippen LogP contribution >= 0.6 is 0 Å². The zero-order valence-electron chi connectivity index (χ0n) is 18.4. The minimum absolute atomic E-state index is 0.153. The lowest BCUT2D eigenvalue weighted by Crippen LogP contribution is -2.25. The molecule has 2 amide bonds. The largest absolute Gasteiger partial charge is 0.477 e. The van der Waals surface area contributed by atoms with Crippen LogP contribution in [0.15, 0.2) is 21.5 Å². The Morgan fingerprint density at radius 2 is 2.25 bits per heavy atom. The van der Waals surface area contributed by atoms with E-state index in [1.54, 1.807) is 11.8 Å². The van der Waals surface area contributed by atoms with Crippen LogP contribution in [-0.4, -0.2) is 40.3 Å². The van der Waals surface area contributed by atoms with E-state index < -0.39 is 15.9 Å². The Bertz CT molecular complexity index is 1200. The van der Waals surface area contributed by atoms with Crippen molar-refractivity contribution in [2.75, 3.05) is 25.6 Å². The van der Waals surface area contributed by atoms with Gasteiger partial charge in [0.15, 0.2) is 9.92 Å². The molecule has 0 fully saturated rings. The van der Waals surface area contributed by atoms with Gasteiger partial charge >= 0.3 is 6.03 Å². The molecule has 1 aromatic carbocycles. The number of nitrogens with zero attached hydrogens (tertiary/aromatic N) is 3. The van der Waals surface area contributed by atoms with Crippen LogP contribution < -0.4 is 15.2 Å². The van der Waals surface area contributed by atoms with Crippen molar-refractivity contribution in [3.05, 3.63) is 34.5 Å². The summed E-state index contributed by atoms with van der Waals surface area (Å²) in [5.74, 6) is 0.831. The van der Waals surface area contributed by atoms with Gasteiger partial charge in [0.2, 0.25) is 5.88 Å². The van der Waals surface area contributed by atoms with Crippen molar-refractivity contribution >= 4 is 21.6 Å². The predicted octanol–water partition coefficient (Wildman–Crippen LogP) is 3.01. The fraction of sp³-hybridized carbons (Fsp3) is 0.545. The highest BCUT2D eigenvalue weighted by molar-refractivity contribution is 7.91. The molecule has 32 heavy (non-hydrogen) atoms. The average molecular weight is 460 g/mol. The number of fused-ring (bicyclic) bond motifs is 3. The maximum Gasteiger partial charge on any atom is 0.354 e. The van der Waals surface area contributed by atoms with Crippen molar-refractivity contribution in [3.8, 4) is 5.88 Å². The van der Waals surface area contributed by atoms with Gasteiger partial charge in [-0.3, -0.25) is 0 Å². The maximum atomic E-state index is 13.2. The van der Waals surface area contributed by atoms with E-state index in [1.165, 1.54) is 17.3 Å². The molecule has 1 aliphatic heterocycles. The third-order valence-corrected chi connectivity index (χ3v) is 7.93. The van der Waals surface area contributed by atoms with Gasteiger partial charge in [0.25, 0.3) is 0 Å². The molecular weight excluding hydrogens is 430 g/mol. The number of aryl methyl sites for hydroxylation is 2. The number of urea groups is 1. The van der Waals surface area contributed by atoms with E-state index in [4.69, 9.17) is 14.6 Å². The Kier molecular flexibility index (Phi) is 5.47. The number of nitrogens with two attached hydrogens (primary N) is 1. The van der Waals surface area contributed by atoms with Gasteiger partial charge in [0, 0.05) is 24.6 Å². The molecule has 1 aromatic heterocycles. The second-order valence-corrected chi connectivity index (χ2v) is 10.8. The zero-order chi connectivity index (χ0) is 22.5. The van der Waals surface area contributed by atoms with Gasteiger partial charge in [-0.25, -0.2) is 18.8 Å². The number of carbonyl (C=O) groups is 1. The van der Waals surface area contributed by atoms with Crippen LogP contribution in [0.3, 0.4) is 0 Å². The average Bonchev–Trinajstić information content (AvgIpc) is 3.46. The molecule has 2 aliphatic carbocycles. The van der Waals surface area contributed by atoms with Gasteiger partial charge in [0.1, 0.15) is 4.90 Å². The summed E-state index contributed by atoms with van der Waals surface area (Å²) in [5.41, 5.74) is 5.61.